The standard InChI is InChI=1S/C22H24N2O5/c25-21(23-14-18-7-4-10-27-18)15-24(17-5-2-1-3-6-17)22(26)16-8-9-19-20(13-16)29-12-11-28-19/h1-3,5-6,8-9,13,18H,4,7,10-12,14-15H2,(H,23,25)/t18-/m0/s1. The van der Waals surface area contributed by atoms with E-state index in [1.807, 2.05) is 30.3 Å². The van der Waals surface area contributed by atoms with E-state index in [-0.39, 0.29) is 24.5 Å². The lowest BCUT2D eigenvalue weighted by molar-refractivity contribution is -0.120. The van der Waals surface area contributed by atoms with E-state index in [1.165, 1.54) is 4.90 Å². The third kappa shape index (κ3) is 4.68. The van der Waals surface area contributed by atoms with Crippen molar-refractivity contribution in [3.05, 3.63) is 54.1 Å². The van der Waals surface area contributed by atoms with Gasteiger partial charge in [0.05, 0.1) is 6.10 Å². The molecule has 1 N–H and O–H groups in total. The summed E-state index contributed by atoms with van der Waals surface area (Å²) in [5.74, 6) is 0.655. The molecule has 1 saturated heterocycles. The van der Waals surface area contributed by atoms with E-state index in [0.717, 1.165) is 19.4 Å². The molecule has 29 heavy (non-hydrogen) atoms. The van der Waals surface area contributed by atoms with Gasteiger partial charge in [0.2, 0.25) is 5.91 Å². The Balaban J connectivity index is 1.50. The second-order valence-electron chi connectivity index (χ2n) is 7.02. The topological polar surface area (TPSA) is 77.1 Å². The van der Waals surface area contributed by atoms with E-state index in [9.17, 15) is 9.59 Å². The monoisotopic (exact) mass is 396 g/mol. The first kappa shape index (κ1) is 19.3. The smallest absolute Gasteiger partial charge is 0.258 e. The highest BCUT2D eigenvalue weighted by Gasteiger charge is 2.24. The summed E-state index contributed by atoms with van der Waals surface area (Å²) in [5.41, 5.74) is 1.09. The van der Waals surface area contributed by atoms with E-state index < -0.39 is 0 Å². The number of carbonyl (C=O) groups is 2. The lowest BCUT2D eigenvalue weighted by Crippen LogP contribution is -2.43. The molecule has 2 aliphatic rings. The number of anilines is 1. The molecule has 2 aliphatic heterocycles. The third-order valence-electron chi connectivity index (χ3n) is 4.95. The van der Waals surface area contributed by atoms with Crippen LogP contribution in [0.25, 0.3) is 0 Å². The maximum absolute atomic E-state index is 13.3. The highest BCUT2D eigenvalue weighted by molar-refractivity contribution is 6.09. The Hall–Kier alpha value is -3.06. The van der Waals surface area contributed by atoms with E-state index in [1.54, 1.807) is 18.2 Å². The van der Waals surface area contributed by atoms with Crippen molar-refractivity contribution >= 4 is 17.5 Å². The molecule has 1 atom stereocenters. The number of hydrogen-bond acceptors (Lipinski definition) is 5. The lowest BCUT2D eigenvalue weighted by atomic mass is 10.1. The number of benzene rings is 2. The zero-order chi connectivity index (χ0) is 20.1. The normalized spacial score (nSPS) is 17.6. The van der Waals surface area contributed by atoms with Crippen molar-refractivity contribution in [1.29, 1.82) is 0 Å². The number of nitrogens with one attached hydrogen (secondary N) is 1. The van der Waals surface area contributed by atoms with Gasteiger partial charge in [-0.1, -0.05) is 18.2 Å². The van der Waals surface area contributed by atoms with Crippen LogP contribution in [0, 0.1) is 0 Å². The van der Waals surface area contributed by atoms with Crippen LogP contribution in [0.3, 0.4) is 0 Å². The summed E-state index contributed by atoms with van der Waals surface area (Å²) < 4.78 is 16.7. The van der Waals surface area contributed by atoms with Gasteiger partial charge in [-0.2, -0.15) is 0 Å². The molecule has 1 fully saturated rings. The molecule has 2 aromatic rings. The van der Waals surface area contributed by atoms with Crippen LogP contribution in [0.15, 0.2) is 48.5 Å². The molecule has 2 aromatic carbocycles. The molecular weight excluding hydrogens is 372 g/mol. The summed E-state index contributed by atoms with van der Waals surface area (Å²) in [6, 6.07) is 14.2. The molecule has 0 spiro atoms. The van der Waals surface area contributed by atoms with Crippen LogP contribution < -0.4 is 19.7 Å². The predicted molar refractivity (Wildman–Crippen MR) is 108 cm³/mol. The maximum Gasteiger partial charge on any atom is 0.258 e. The molecule has 0 aliphatic carbocycles. The minimum atomic E-state index is -0.277. The van der Waals surface area contributed by atoms with Gasteiger partial charge >= 0.3 is 0 Å². The molecule has 4 rings (SSSR count). The van der Waals surface area contributed by atoms with Crippen molar-refractivity contribution in [2.45, 2.75) is 18.9 Å². The first-order valence-electron chi connectivity index (χ1n) is 9.85. The molecule has 7 nitrogen and oxygen atoms in total. The summed E-state index contributed by atoms with van der Waals surface area (Å²) in [6.07, 6.45) is 2.01. The number of hydrogen-bond donors (Lipinski definition) is 1. The maximum atomic E-state index is 13.3. The van der Waals surface area contributed by atoms with E-state index in [2.05, 4.69) is 5.32 Å². The number of fused-ring (bicyclic) bond motifs is 1. The second kappa shape index (κ2) is 8.96. The first-order valence-corrected chi connectivity index (χ1v) is 9.85. The first-order chi connectivity index (χ1) is 14.2. The Morgan fingerprint density at radius 2 is 1.79 bits per heavy atom. The van der Waals surface area contributed by atoms with Crippen molar-refractivity contribution in [3.8, 4) is 11.5 Å². The fraction of sp³-hybridized carbons (Fsp3) is 0.364. The Morgan fingerprint density at radius 3 is 2.55 bits per heavy atom. The molecule has 0 unspecified atom stereocenters. The quantitative estimate of drug-likeness (QED) is 0.811. The van der Waals surface area contributed by atoms with Gasteiger partial charge in [-0.3, -0.25) is 14.5 Å². The van der Waals surface area contributed by atoms with Gasteiger partial charge in [0.15, 0.2) is 11.5 Å². The lowest BCUT2D eigenvalue weighted by Gasteiger charge is -2.24. The molecule has 152 valence electrons. The van der Waals surface area contributed by atoms with Crippen molar-refractivity contribution in [3.63, 3.8) is 0 Å². The molecular formula is C22H24N2O5. The SMILES string of the molecule is O=C(CN(C(=O)c1ccc2c(c1)OCCO2)c1ccccc1)NC[C@@H]1CCCO1. The van der Waals surface area contributed by atoms with E-state index in [0.29, 0.717) is 42.5 Å². The average Bonchev–Trinajstić information content (AvgIpc) is 3.29. The van der Waals surface area contributed by atoms with E-state index in [4.69, 9.17) is 14.2 Å². The van der Waals surface area contributed by atoms with Crippen LogP contribution in [0.5, 0.6) is 11.5 Å². The molecule has 0 bridgehead atoms. The Labute approximate surface area is 169 Å². The fourth-order valence-corrected chi connectivity index (χ4v) is 3.45. The Bertz CT molecular complexity index is 865. The van der Waals surface area contributed by atoms with Crippen molar-refractivity contribution in [2.24, 2.45) is 0 Å². The number of amides is 2. The highest BCUT2D eigenvalue weighted by atomic mass is 16.6. The number of ether oxygens (including phenoxy) is 3. The van der Waals surface area contributed by atoms with Crippen molar-refractivity contribution in [1.82, 2.24) is 5.32 Å². The number of nitrogens with zero attached hydrogens (tertiary/aromatic N) is 1. The average molecular weight is 396 g/mol. The van der Waals surface area contributed by atoms with Crippen molar-refractivity contribution < 1.29 is 23.8 Å². The molecule has 0 aromatic heterocycles. The zero-order valence-corrected chi connectivity index (χ0v) is 16.1. The Morgan fingerprint density at radius 1 is 1.00 bits per heavy atom. The number of rotatable bonds is 6. The van der Waals surface area contributed by atoms with Gasteiger partial charge in [0.25, 0.3) is 5.91 Å². The van der Waals surface area contributed by atoms with Crippen LogP contribution in [0.1, 0.15) is 23.2 Å². The molecule has 7 heteroatoms. The summed E-state index contributed by atoms with van der Waals surface area (Å²) in [5, 5.41) is 2.88. The van der Waals surface area contributed by atoms with Gasteiger partial charge in [-0.15, -0.1) is 0 Å². The van der Waals surface area contributed by atoms with Gasteiger partial charge < -0.3 is 19.5 Å². The molecule has 2 amide bonds. The summed E-state index contributed by atoms with van der Waals surface area (Å²) in [4.78, 5) is 27.3. The van der Waals surface area contributed by atoms with Gasteiger partial charge in [-0.25, -0.2) is 0 Å². The summed E-state index contributed by atoms with van der Waals surface area (Å²) >= 11 is 0. The summed E-state index contributed by atoms with van der Waals surface area (Å²) in [6.45, 7) is 2.04. The number of para-hydroxylation sites is 1. The third-order valence-corrected chi connectivity index (χ3v) is 4.95. The van der Waals surface area contributed by atoms with E-state index >= 15 is 0 Å². The number of carbonyl (C=O) groups excluding carboxylic acids is 2. The second-order valence-corrected chi connectivity index (χ2v) is 7.02. The van der Waals surface area contributed by atoms with Crippen LogP contribution in [0.4, 0.5) is 5.69 Å². The highest BCUT2D eigenvalue weighted by Crippen LogP contribution is 2.31. The van der Waals surface area contributed by atoms with Crippen LogP contribution in [-0.4, -0.2) is 50.8 Å². The van der Waals surface area contributed by atoms with Gasteiger partial charge in [0, 0.05) is 24.4 Å². The predicted octanol–water partition coefficient (Wildman–Crippen LogP) is 2.40. The minimum Gasteiger partial charge on any atom is -0.486 e. The molecule has 0 saturated carbocycles. The molecule has 2 heterocycles. The molecule has 0 radical (unpaired) electrons. The fourth-order valence-electron chi connectivity index (χ4n) is 3.45. The Kier molecular flexibility index (Phi) is 5.95. The zero-order valence-electron chi connectivity index (χ0n) is 16.1. The minimum absolute atomic E-state index is 0.0534. The van der Waals surface area contributed by atoms with Crippen molar-refractivity contribution in [2.75, 3.05) is 37.8 Å². The van der Waals surface area contributed by atoms with Crippen LogP contribution in [0.2, 0.25) is 0 Å². The van der Waals surface area contributed by atoms with Crippen LogP contribution in [-0.2, 0) is 9.53 Å². The van der Waals surface area contributed by atoms with Crippen LogP contribution >= 0.6 is 0 Å². The summed E-state index contributed by atoms with van der Waals surface area (Å²) in [7, 11) is 0. The van der Waals surface area contributed by atoms with Gasteiger partial charge in [-0.05, 0) is 43.2 Å². The largest absolute Gasteiger partial charge is 0.486 e. The van der Waals surface area contributed by atoms with Gasteiger partial charge in [0.1, 0.15) is 19.8 Å².